The summed E-state index contributed by atoms with van der Waals surface area (Å²) in [5.74, 6) is -0.277. The maximum Gasteiger partial charge on any atom is 0.419 e. The molecule has 0 saturated heterocycles. The Balaban J connectivity index is 1.47. The summed E-state index contributed by atoms with van der Waals surface area (Å²) in [4.78, 5) is 16.3. The first-order chi connectivity index (χ1) is 13.3. The highest BCUT2D eigenvalue weighted by molar-refractivity contribution is 7.10. The van der Waals surface area contributed by atoms with Crippen molar-refractivity contribution in [2.75, 3.05) is 13.1 Å². The van der Waals surface area contributed by atoms with E-state index in [-0.39, 0.29) is 11.8 Å². The predicted octanol–water partition coefficient (Wildman–Crippen LogP) is 4.30. The number of thiophene rings is 1. The number of para-hydroxylation sites is 2. The van der Waals surface area contributed by atoms with Crippen molar-refractivity contribution in [1.29, 1.82) is 0 Å². The average Bonchev–Trinajstić information content (AvgIpc) is 3.30. The van der Waals surface area contributed by atoms with Crippen LogP contribution >= 0.6 is 11.3 Å². The van der Waals surface area contributed by atoms with E-state index in [2.05, 4.69) is 46.7 Å². The van der Waals surface area contributed by atoms with E-state index in [9.17, 15) is 4.79 Å². The van der Waals surface area contributed by atoms with Crippen LogP contribution in [0, 0.1) is 0 Å². The number of fused-ring (bicyclic) bond motifs is 2. The van der Waals surface area contributed by atoms with Gasteiger partial charge in [0.2, 0.25) is 0 Å². The van der Waals surface area contributed by atoms with Crippen molar-refractivity contribution in [3.8, 4) is 0 Å². The average molecular weight is 376 g/mol. The van der Waals surface area contributed by atoms with E-state index in [1.54, 1.807) is 4.57 Å². The molecule has 1 aliphatic heterocycles. The van der Waals surface area contributed by atoms with Crippen LogP contribution in [-0.4, -0.2) is 22.6 Å². The predicted molar refractivity (Wildman–Crippen MR) is 108 cm³/mol. The minimum absolute atomic E-state index is 0.245. The first kappa shape index (κ1) is 16.5. The zero-order chi connectivity index (χ0) is 18.2. The van der Waals surface area contributed by atoms with Crippen LogP contribution in [0.1, 0.15) is 22.0 Å². The van der Waals surface area contributed by atoms with E-state index in [0.29, 0.717) is 12.1 Å². The number of oxazole rings is 1. The molecule has 0 saturated carbocycles. The van der Waals surface area contributed by atoms with Crippen LogP contribution in [0.15, 0.2) is 75.3 Å². The quantitative estimate of drug-likeness (QED) is 0.533. The van der Waals surface area contributed by atoms with Crippen LogP contribution in [0.2, 0.25) is 0 Å². The molecule has 136 valence electrons. The molecule has 27 heavy (non-hydrogen) atoms. The molecule has 4 aromatic rings. The minimum atomic E-state index is -0.277. The van der Waals surface area contributed by atoms with Gasteiger partial charge in [0.15, 0.2) is 5.58 Å². The Hall–Kier alpha value is -2.63. The standard InChI is InChI=1S/C22H20N2O2S/c25-22-24(18-8-4-5-9-19(18)26-22)14-13-23-12-10-20-17(11-15-27-20)21(23)16-6-2-1-3-7-16/h1-9,11,15,21H,10,12-14H2. The fourth-order valence-corrected chi connectivity index (χ4v) is 4.99. The van der Waals surface area contributed by atoms with E-state index >= 15 is 0 Å². The number of rotatable bonds is 4. The maximum atomic E-state index is 12.3. The molecule has 0 aliphatic carbocycles. The molecule has 0 bridgehead atoms. The lowest BCUT2D eigenvalue weighted by molar-refractivity contribution is 0.206. The zero-order valence-corrected chi connectivity index (χ0v) is 15.7. The zero-order valence-electron chi connectivity index (χ0n) is 14.9. The summed E-state index contributed by atoms with van der Waals surface area (Å²) in [5, 5.41) is 2.19. The van der Waals surface area contributed by atoms with Gasteiger partial charge in [-0.25, -0.2) is 4.79 Å². The van der Waals surface area contributed by atoms with Gasteiger partial charge >= 0.3 is 5.76 Å². The highest BCUT2D eigenvalue weighted by atomic mass is 32.1. The van der Waals surface area contributed by atoms with Crippen LogP contribution < -0.4 is 5.76 Å². The molecule has 0 radical (unpaired) electrons. The Morgan fingerprint density at radius 1 is 1.00 bits per heavy atom. The topological polar surface area (TPSA) is 38.4 Å². The summed E-state index contributed by atoms with van der Waals surface area (Å²) in [6, 6.07) is 20.8. The molecule has 0 amide bonds. The van der Waals surface area contributed by atoms with Crippen molar-refractivity contribution in [2.45, 2.75) is 19.0 Å². The summed E-state index contributed by atoms with van der Waals surface area (Å²) in [7, 11) is 0. The van der Waals surface area contributed by atoms with Crippen molar-refractivity contribution >= 4 is 22.4 Å². The van der Waals surface area contributed by atoms with Gasteiger partial charge in [-0.1, -0.05) is 42.5 Å². The highest BCUT2D eigenvalue weighted by Gasteiger charge is 2.29. The molecule has 3 heterocycles. The molecule has 1 atom stereocenters. The molecule has 2 aromatic heterocycles. The third kappa shape index (κ3) is 2.93. The lowest BCUT2D eigenvalue weighted by Gasteiger charge is -2.36. The van der Waals surface area contributed by atoms with Gasteiger partial charge in [-0.15, -0.1) is 11.3 Å². The van der Waals surface area contributed by atoms with Gasteiger partial charge in [0, 0.05) is 24.5 Å². The third-order valence-electron chi connectivity index (χ3n) is 5.37. The van der Waals surface area contributed by atoms with Crippen molar-refractivity contribution in [3.05, 3.63) is 92.6 Å². The Kier molecular flexibility index (Phi) is 4.19. The summed E-state index contributed by atoms with van der Waals surface area (Å²) >= 11 is 1.85. The lowest BCUT2D eigenvalue weighted by atomic mass is 9.93. The van der Waals surface area contributed by atoms with Crippen molar-refractivity contribution in [3.63, 3.8) is 0 Å². The normalized spacial score (nSPS) is 17.3. The van der Waals surface area contributed by atoms with E-state index in [0.717, 1.165) is 25.0 Å². The Morgan fingerprint density at radius 3 is 2.70 bits per heavy atom. The van der Waals surface area contributed by atoms with Crippen molar-refractivity contribution < 1.29 is 4.42 Å². The van der Waals surface area contributed by atoms with Gasteiger partial charge in [-0.2, -0.15) is 0 Å². The number of nitrogens with zero attached hydrogens (tertiary/aromatic N) is 2. The fourth-order valence-electron chi connectivity index (χ4n) is 4.09. The Morgan fingerprint density at radius 2 is 1.81 bits per heavy atom. The molecule has 5 rings (SSSR count). The van der Waals surface area contributed by atoms with E-state index in [4.69, 9.17) is 4.42 Å². The summed E-state index contributed by atoms with van der Waals surface area (Å²) in [5.41, 5.74) is 4.23. The van der Waals surface area contributed by atoms with Crippen molar-refractivity contribution in [1.82, 2.24) is 9.47 Å². The van der Waals surface area contributed by atoms with E-state index < -0.39 is 0 Å². The highest BCUT2D eigenvalue weighted by Crippen LogP contribution is 2.37. The second-order valence-electron chi connectivity index (χ2n) is 6.89. The molecule has 5 heteroatoms. The van der Waals surface area contributed by atoms with E-state index in [1.165, 1.54) is 16.0 Å². The monoisotopic (exact) mass is 376 g/mol. The van der Waals surface area contributed by atoms with E-state index in [1.807, 2.05) is 35.6 Å². The summed E-state index contributed by atoms with van der Waals surface area (Å²) in [6.07, 6.45) is 1.07. The van der Waals surface area contributed by atoms with Gasteiger partial charge in [0.05, 0.1) is 11.6 Å². The van der Waals surface area contributed by atoms with Crippen LogP contribution in [0.4, 0.5) is 0 Å². The number of benzene rings is 2. The molecule has 2 aromatic carbocycles. The Bertz CT molecular complexity index is 1130. The summed E-state index contributed by atoms with van der Waals surface area (Å²) in [6.45, 7) is 2.43. The first-order valence-corrected chi connectivity index (χ1v) is 10.1. The molecule has 4 nitrogen and oxygen atoms in total. The number of aromatic nitrogens is 1. The smallest absolute Gasteiger partial charge is 0.408 e. The maximum absolute atomic E-state index is 12.3. The Labute approximate surface area is 161 Å². The van der Waals surface area contributed by atoms with Crippen molar-refractivity contribution in [2.24, 2.45) is 0 Å². The molecule has 1 aliphatic rings. The van der Waals surface area contributed by atoms with Gasteiger partial charge in [-0.05, 0) is 41.1 Å². The van der Waals surface area contributed by atoms with Gasteiger partial charge in [-0.3, -0.25) is 9.47 Å². The summed E-state index contributed by atoms with van der Waals surface area (Å²) < 4.78 is 7.14. The van der Waals surface area contributed by atoms with Crippen LogP contribution in [-0.2, 0) is 13.0 Å². The van der Waals surface area contributed by atoms with Crippen LogP contribution in [0.25, 0.3) is 11.1 Å². The van der Waals surface area contributed by atoms with Crippen LogP contribution in [0.5, 0.6) is 0 Å². The molecular formula is C22H20N2O2S. The second-order valence-corrected chi connectivity index (χ2v) is 7.89. The first-order valence-electron chi connectivity index (χ1n) is 9.25. The third-order valence-corrected chi connectivity index (χ3v) is 6.36. The van der Waals surface area contributed by atoms with Gasteiger partial charge in [0.25, 0.3) is 0 Å². The van der Waals surface area contributed by atoms with Crippen LogP contribution in [0.3, 0.4) is 0 Å². The molecule has 1 unspecified atom stereocenters. The lowest BCUT2D eigenvalue weighted by Crippen LogP contribution is -2.38. The van der Waals surface area contributed by atoms with Gasteiger partial charge in [0.1, 0.15) is 0 Å². The van der Waals surface area contributed by atoms with Gasteiger partial charge < -0.3 is 4.42 Å². The number of hydrogen-bond acceptors (Lipinski definition) is 4. The molecular weight excluding hydrogens is 356 g/mol. The molecule has 0 spiro atoms. The molecule has 0 fully saturated rings. The number of hydrogen-bond donors (Lipinski definition) is 0. The minimum Gasteiger partial charge on any atom is -0.408 e. The second kappa shape index (κ2) is 6.83. The molecule has 0 N–H and O–H groups in total. The SMILES string of the molecule is O=c1oc2ccccc2n1CCN1CCc2sccc2C1c1ccccc1. The fraction of sp³-hybridized carbons (Fsp3) is 0.227. The largest absolute Gasteiger partial charge is 0.419 e.